The van der Waals surface area contributed by atoms with Crippen molar-refractivity contribution in [2.24, 2.45) is 5.92 Å². The van der Waals surface area contributed by atoms with Crippen molar-refractivity contribution in [2.75, 3.05) is 0 Å². The molecular weight excluding hydrogens is 253 g/mol. The smallest absolute Gasteiger partial charge is 0.298 e. The molecule has 1 aromatic rings. The maximum absolute atomic E-state index is 12.2. The first-order valence-corrected chi connectivity index (χ1v) is 6.14. The number of rotatable bonds is 6. The number of nitrogens with zero attached hydrogens (tertiary/aromatic N) is 1. The number of alkyl halides is 3. The summed E-state index contributed by atoms with van der Waals surface area (Å²) >= 11 is 0. The number of hydrogen-bond donors (Lipinski definition) is 1. The molecule has 104 valence electrons. The minimum atomic E-state index is -4.17. The molecule has 2 unspecified atom stereocenters. The molecule has 5 heteroatoms. The highest BCUT2D eigenvalue weighted by atomic mass is 19.4. The Hall–Kier alpha value is -1.54. The van der Waals surface area contributed by atoms with Crippen LogP contribution in [0.4, 0.5) is 13.2 Å². The van der Waals surface area contributed by atoms with Gasteiger partial charge in [-0.25, -0.2) is 0 Å². The molecule has 0 saturated carbocycles. The molecule has 0 radical (unpaired) electrons. The lowest BCUT2D eigenvalue weighted by Gasteiger charge is -2.18. The Bertz CT molecular complexity index is 409. The molecule has 0 spiro atoms. The van der Waals surface area contributed by atoms with E-state index in [1.807, 2.05) is 36.4 Å². The molecule has 1 rings (SSSR count). The molecule has 0 saturated heterocycles. The van der Waals surface area contributed by atoms with Crippen LogP contribution in [0.2, 0.25) is 0 Å². The number of nitriles is 1. The highest BCUT2D eigenvalue weighted by molar-refractivity contribution is 5.14. The standard InChI is InChI=1S/C14H17F3N2/c1-11(8-14(15,16)17)7-13(9-18)19-10-12-5-3-2-4-6-12/h2-6,11,13,19H,7-8,10H2,1H3. The third-order valence-corrected chi connectivity index (χ3v) is 2.77. The van der Waals surface area contributed by atoms with Gasteiger partial charge in [-0.3, -0.25) is 5.32 Å². The van der Waals surface area contributed by atoms with Crippen LogP contribution < -0.4 is 5.32 Å². The van der Waals surface area contributed by atoms with Gasteiger partial charge in [-0.1, -0.05) is 37.3 Å². The predicted octanol–water partition coefficient (Wildman–Crippen LogP) is 3.65. The first kappa shape index (κ1) is 15.5. The van der Waals surface area contributed by atoms with Crippen LogP contribution in [0, 0.1) is 17.2 Å². The van der Waals surface area contributed by atoms with Crippen molar-refractivity contribution in [3.63, 3.8) is 0 Å². The van der Waals surface area contributed by atoms with E-state index in [0.29, 0.717) is 6.54 Å². The Kier molecular flexibility index (Phi) is 5.84. The zero-order valence-corrected chi connectivity index (χ0v) is 10.7. The quantitative estimate of drug-likeness (QED) is 0.856. The molecule has 2 nitrogen and oxygen atoms in total. The maximum atomic E-state index is 12.2. The molecule has 0 aromatic heterocycles. The number of benzene rings is 1. The summed E-state index contributed by atoms with van der Waals surface area (Å²) in [6.07, 6.45) is -4.82. The lowest BCUT2D eigenvalue weighted by atomic mass is 9.98. The summed E-state index contributed by atoms with van der Waals surface area (Å²) in [5.41, 5.74) is 1.01. The van der Waals surface area contributed by atoms with Gasteiger partial charge in [0.25, 0.3) is 0 Å². The molecule has 19 heavy (non-hydrogen) atoms. The fourth-order valence-electron chi connectivity index (χ4n) is 1.90. The topological polar surface area (TPSA) is 35.8 Å². The Balaban J connectivity index is 2.40. The van der Waals surface area contributed by atoms with E-state index in [0.717, 1.165) is 5.56 Å². The Labute approximate surface area is 111 Å². The van der Waals surface area contributed by atoms with E-state index in [-0.39, 0.29) is 6.42 Å². The van der Waals surface area contributed by atoms with E-state index in [1.54, 1.807) is 0 Å². The lowest BCUT2D eigenvalue weighted by molar-refractivity contribution is -0.143. The summed E-state index contributed by atoms with van der Waals surface area (Å²) in [5.74, 6) is -0.562. The van der Waals surface area contributed by atoms with Crippen molar-refractivity contribution in [2.45, 2.75) is 38.5 Å². The monoisotopic (exact) mass is 270 g/mol. The predicted molar refractivity (Wildman–Crippen MR) is 67.1 cm³/mol. The Morgan fingerprint density at radius 2 is 1.89 bits per heavy atom. The van der Waals surface area contributed by atoms with E-state index in [2.05, 4.69) is 5.32 Å². The second kappa shape index (κ2) is 7.15. The van der Waals surface area contributed by atoms with Crippen LogP contribution in [0.5, 0.6) is 0 Å². The van der Waals surface area contributed by atoms with Crippen LogP contribution >= 0.6 is 0 Å². The largest absolute Gasteiger partial charge is 0.389 e. The van der Waals surface area contributed by atoms with Crippen LogP contribution in [-0.2, 0) is 6.54 Å². The summed E-state index contributed by atoms with van der Waals surface area (Å²) in [4.78, 5) is 0. The fourth-order valence-corrected chi connectivity index (χ4v) is 1.90. The van der Waals surface area contributed by atoms with Gasteiger partial charge >= 0.3 is 6.18 Å². The van der Waals surface area contributed by atoms with Crippen molar-refractivity contribution < 1.29 is 13.2 Å². The first-order chi connectivity index (χ1) is 8.90. The molecule has 0 aliphatic rings. The molecule has 0 bridgehead atoms. The van der Waals surface area contributed by atoms with E-state index in [4.69, 9.17) is 5.26 Å². The van der Waals surface area contributed by atoms with E-state index >= 15 is 0 Å². The molecule has 2 atom stereocenters. The lowest BCUT2D eigenvalue weighted by Crippen LogP contribution is -2.30. The highest BCUT2D eigenvalue weighted by Crippen LogP contribution is 2.26. The Morgan fingerprint density at radius 1 is 1.26 bits per heavy atom. The van der Waals surface area contributed by atoms with E-state index < -0.39 is 24.6 Å². The van der Waals surface area contributed by atoms with Gasteiger partial charge in [0.1, 0.15) is 0 Å². The second-order valence-electron chi connectivity index (χ2n) is 4.71. The minimum absolute atomic E-state index is 0.197. The van der Waals surface area contributed by atoms with Gasteiger partial charge in [0.05, 0.1) is 12.1 Å². The second-order valence-corrected chi connectivity index (χ2v) is 4.71. The molecule has 1 N–H and O–H groups in total. The normalized spacial score (nSPS) is 14.7. The van der Waals surface area contributed by atoms with Crippen molar-refractivity contribution in [1.82, 2.24) is 5.32 Å². The SMILES string of the molecule is CC(CC(C#N)NCc1ccccc1)CC(F)(F)F. The summed E-state index contributed by atoms with van der Waals surface area (Å²) in [7, 11) is 0. The number of hydrogen-bond acceptors (Lipinski definition) is 2. The number of halogens is 3. The van der Waals surface area contributed by atoms with Gasteiger partial charge in [0, 0.05) is 13.0 Å². The summed E-state index contributed by atoms with van der Waals surface area (Å²) < 4.78 is 36.6. The highest BCUT2D eigenvalue weighted by Gasteiger charge is 2.30. The first-order valence-electron chi connectivity index (χ1n) is 6.14. The van der Waals surface area contributed by atoms with Crippen LogP contribution in [-0.4, -0.2) is 12.2 Å². The molecule has 0 aliphatic carbocycles. The number of nitrogens with one attached hydrogen (secondary N) is 1. The molecule has 0 fully saturated rings. The molecular formula is C14H17F3N2. The summed E-state index contributed by atoms with van der Waals surface area (Å²) in [6, 6.07) is 10.9. The van der Waals surface area contributed by atoms with Crippen LogP contribution in [0.25, 0.3) is 0 Å². The van der Waals surface area contributed by atoms with Crippen molar-refractivity contribution in [3.8, 4) is 6.07 Å². The van der Waals surface area contributed by atoms with Crippen molar-refractivity contribution >= 4 is 0 Å². The summed E-state index contributed by atoms with van der Waals surface area (Å²) in [6.45, 7) is 2.00. The summed E-state index contributed by atoms with van der Waals surface area (Å²) in [5, 5.41) is 11.9. The average Bonchev–Trinajstić information content (AvgIpc) is 2.33. The maximum Gasteiger partial charge on any atom is 0.389 e. The zero-order valence-electron chi connectivity index (χ0n) is 10.7. The fraction of sp³-hybridized carbons (Fsp3) is 0.500. The van der Waals surface area contributed by atoms with Gasteiger partial charge < -0.3 is 0 Å². The third-order valence-electron chi connectivity index (χ3n) is 2.77. The Morgan fingerprint density at radius 3 is 2.42 bits per heavy atom. The molecule has 0 aliphatic heterocycles. The zero-order chi connectivity index (χ0) is 14.3. The third kappa shape index (κ3) is 6.82. The van der Waals surface area contributed by atoms with Crippen LogP contribution in [0.15, 0.2) is 30.3 Å². The van der Waals surface area contributed by atoms with Gasteiger partial charge in [-0.2, -0.15) is 18.4 Å². The van der Waals surface area contributed by atoms with Crippen LogP contribution in [0.3, 0.4) is 0 Å². The van der Waals surface area contributed by atoms with Crippen molar-refractivity contribution in [1.29, 1.82) is 5.26 Å². The molecule has 1 aromatic carbocycles. The van der Waals surface area contributed by atoms with Gasteiger partial charge in [0.15, 0.2) is 0 Å². The average molecular weight is 270 g/mol. The van der Waals surface area contributed by atoms with Gasteiger partial charge in [0.2, 0.25) is 0 Å². The van der Waals surface area contributed by atoms with E-state index in [9.17, 15) is 13.2 Å². The van der Waals surface area contributed by atoms with Gasteiger partial charge in [-0.15, -0.1) is 0 Å². The van der Waals surface area contributed by atoms with Crippen molar-refractivity contribution in [3.05, 3.63) is 35.9 Å². The van der Waals surface area contributed by atoms with E-state index in [1.165, 1.54) is 6.92 Å². The van der Waals surface area contributed by atoms with Crippen LogP contribution in [0.1, 0.15) is 25.3 Å². The molecule has 0 amide bonds. The molecule has 0 heterocycles. The van der Waals surface area contributed by atoms with Gasteiger partial charge in [-0.05, 0) is 17.9 Å². The minimum Gasteiger partial charge on any atom is -0.298 e.